The van der Waals surface area contributed by atoms with Crippen molar-refractivity contribution in [1.82, 2.24) is 0 Å². The Morgan fingerprint density at radius 1 is 0.900 bits per heavy atom. The van der Waals surface area contributed by atoms with Crippen molar-refractivity contribution >= 4 is 66.5 Å². The molecule has 3 aromatic carbocycles. The van der Waals surface area contributed by atoms with Crippen LogP contribution >= 0.6 is 39.1 Å². The van der Waals surface area contributed by atoms with Gasteiger partial charge < -0.3 is 0 Å². The van der Waals surface area contributed by atoms with Gasteiger partial charge in [0.2, 0.25) is 0 Å². The van der Waals surface area contributed by atoms with E-state index in [9.17, 15) is 4.79 Å². The molecule has 0 unspecified atom stereocenters. The predicted molar refractivity (Wildman–Crippen MR) is 89.6 cm³/mol. The second-order valence-electron chi connectivity index (χ2n) is 4.54. The van der Waals surface area contributed by atoms with E-state index >= 15 is 0 Å². The van der Waals surface area contributed by atoms with Gasteiger partial charge in [-0.1, -0.05) is 51.3 Å². The Bertz CT molecular complexity index is 843. The lowest BCUT2D eigenvalue weighted by atomic mass is 9.95. The van der Waals surface area contributed by atoms with E-state index in [0.717, 1.165) is 21.5 Å². The van der Waals surface area contributed by atoms with Gasteiger partial charge in [-0.3, -0.25) is 4.79 Å². The molecule has 100 valence electrons. The second kappa shape index (κ2) is 5.36. The molecule has 0 aliphatic rings. The third kappa shape index (κ3) is 2.32. The van der Waals surface area contributed by atoms with Gasteiger partial charge in [-0.25, -0.2) is 0 Å². The summed E-state index contributed by atoms with van der Waals surface area (Å²) in [5, 5.41) is 5.45. The molecule has 3 aromatic rings. The van der Waals surface area contributed by atoms with Gasteiger partial charge in [-0.15, -0.1) is 0 Å². The minimum absolute atomic E-state index is 0.0270. The largest absolute Gasteiger partial charge is 0.293 e. The van der Waals surface area contributed by atoms with Crippen LogP contribution in [0.2, 0.25) is 10.0 Å². The highest BCUT2D eigenvalue weighted by molar-refractivity contribution is 9.09. The van der Waals surface area contributed by atoms with E-state index in [1.807, 2.05) is 42.5 Å². The first-order valence-electron chi connectivity index (χ1n) is 6.01. The lowest BCUT2D eigenvalue weighted by molar-refractivity contribution is 0.102. The topological polar surface area (TPSA) is 17.1 Å². The summed E-state index contributed by atoms with van der Waals surface area (Å²) in [7, 11) is 0. The van der Waals surface area contributed by atoms with Crippen LogP contribution in [0.3, 0.4) is 0 Å². The van der Waals surface area contributed by atoms with Crippen LogP contribution in [0, 0.1) is 0 Å². The predicted octanol–water partition coefficient (Wildman–Crippen LogP) is 5.88. The maximum absolute atomic E-state index is 12.1. The number of fused-ring (bicyclic) bond motifs is 3. The summed E-state index contributed by atoms with van der Waals surface area (Å²) in [6, 6.07) is 13.2. The van der Waals surface area contributed by atoms with Crippen LogP contribution in [-0.2, 0) is 0 Å². The molecule has 0 radical (unpaired) electrons. The van der Waals surface area contributed by atoms with Gasteiger partial charge in [-0.05, 0) is 51.9 Å². The maximum atomic E-state index is 12.1. The Morgan fingerprint density at radius 3 is 2.25 bits per heavy atom. The molecule has 1 nitrogen and oxygen atoms in total. The van der Waals surface area contributed by atoms with E-state index in [4.69, 9.17) is 23.2 Å². The van der Waals surface area contributed by atoms with E-state index in [-0.39, 0.29) is 11.1 Å². The van der Waals surface area contributed by atoms with E-state index < -0.39 is 0 Å². The molecule has 0 aliphatic carbocycles. The highest BCUT2D eigenvalue weighted by Gasteiger charge is 2.13. The number of carbonyl (C=O) groups excluding carboxylic acids is 1. The van der Waals surface area contributed by atoms with Gasteiger partial charge in [0.15, 0.2) is 5.78 Å². The van der Waals surface area contributed by atoms with Crippen molar-refractivity contribution in [3.05, 3.63) is 58.1 Å². The van der Waals surface area contributed by atoms with E-state index in [1.165, 1.54) is 0 Å². The monoisotopic (exact) mass is 366 g/mol. The molecule has 0 aliphatic heterocycles. The Labute approximate surface area is 134 Å². The number of benzene rings is 3. The number of ketones is 1. The van der Waals surface area contributed by atoms with Crippen LogP contribution in [0.5, 0.6) is 0 Å². The number of alkyl halides is 1. The average Bonchev–Trinajstić information content (AvgIpc) is 2.45. The molecule has 4 heteroatoms. The first kappa shape index (κ1) is 13.9. The average molecular weight is 368 g/mol. The van der Waals surface area contributed by atoms with Crippen LogP contribution < -0.4 is 0 Å². The fourth-order valence-corrected chi connectivity index (χ4v) is 3.06. The fraction of sp³-hybridized carbons (Fsp3) is 0.0625. The van der Waals surface area contributed by atoms with Gasteiger partial charge in [0.05, 0.1) is 5.33 Å². The highest BCUT2D eigenvalue weighted by atomic mass is 79.9. The SMILES string of the molecule is O=C(CBr)c1cc2cc(Cl)ccc2c2ccc(Cl)cc12. The molecule has 0 N–H and O–H groups in total. The molecule has 0 heterocycles. The standard InChI is InChI=1S/C16H9BrCl2O/c17-8-16(20)15-6-9-5-10(18)1-3-12(9)13-4-2-11(19)7-14(13)15/h1-7H,8H2. The molecular formula is C16H9BrCl2O. The zero-order chi connectivity index (χ0) is 14.3. The first-order chi connectivity index (χ1) is 9.60. The third-order valence-corrected chi connectivity index (χ3v) is 4.28. The van der Waals surface area contributed by atoms with E-state index in [0.29, 0.717) is 15.6 Å². The van der Waals surface area contributed by atoms with Gasteiger partial charge in [0.25, 0.3) is 0 Å². The molecule has 3 rings (SSSR count). The quantitative estimate of drug-likeness (QED) is 0.314. The molecular weight excluding hydrogens is 359 g/mol. The molecule has 0 saturated heterocycles. The Morgan fingerprint density at radius 2 is 1.55 bits per heavy atom. The number of Topliss-reactive ketones (excluding diaryl/α,β-unsaturated/α-hetero) is 1. The fourth-order valence-electron chi connectivity index (χ4n) is 2.41. The molecule has 0 fully saturated rings. The van der Waals surface area contributed by atoms with Crippen molar-refractivity contribution in [2.75, 3.05) is 5.33 Å². The number of carbonyl (C=O) groups is 1. The molecule has 0 saturated carbocycles. The van der Waals surface area contributed by atoms with Gasteiger partial charge in [0.1, 0.15) is 0 Å². The van der Waals surface area contributed by atoms with Crippen LogP contribution in [0.15, 0.2) is 42.5 Å². The molecule has 0 aromatic heterocycles. The lowest BCUT2D eigenvalue weighted by Crippen LogP contribution is -2.01. The van der Waals surface area contributed by atoms with Crippen molar-refractivity contribution < 1.29 is 4.79 Å². The van der Waals surface area contributed by atoms with Crippen LogP contribution in [0.25, 0.3) is 21.5 Å². The van der Waals surface area contributed by atoms with Gasteiger partial charge in [0, 0.05) is 15.6 Å². The Hall–Kier alpha value is -1.09. The van der Waals surface area contributed by atoms with Crippen molar-refractivity contribution in [1.29, 1.82) is 0 Å². The smallest absolute Gasteiger partial charge is 0.174 e. The zero-order valence-corrected chi connectivity index (χ0v) is 13.4. The van der Waals surface area contributed by atoms with Gasteiger partial charge in [-0.2, -0.15) is 0 Å². The van der Waals surface area contributed by atoms with Crippen molar-refractivity contribution in [3.8, 4) is 0 Å². The molecule has 0 amide bonds. The number of halogens is 3. The first-order valence-corrected chi connectivity index (χ1v) is 7.88. The van der Waals surface area contributed by atoms with E-state index in [1.54, 1.807) is 0 Å². The van der Waals surface area contributed by atoms with Crippen LogP contribution in [-0.4, -0.2) is 11.1 Å². The molecule has 0 spiro atoms. The summed E-state index contributed by atoms with van der Waals surface area (Å²) in [5.74, 6) is 0.0270. The van der Waals surface area contributed by atoms with Crippen molar-refractivity contribution in [3.63, 3.8) is 0 Å². The number of hydrogen-bond acceptors (Lipinski definition) is 1. The minimum atomic E-state index is 0.0270. The van der Waals surface area contributed by atoms with Crippen molar-refractivity contribution in [2.24, 2.45) is 0 Å². The lowest BCUT2D eigenvalue weighted by Gasteiger charge is -2.10. The summed E-state index contributed by atoms with van der Waals surface area (Å²) in [6.45, 7) is 0. The van der Waals surface area contributed by atoms with Crippen LogP contribution in [0.1, 0.15) is 10.4 Å². The Kier molecular flexibility index (Phi) is 3.72. The van der Waals surface area contributed by atoms with E-state index in [2.05, 4.69) is 15.9 Å². The maximum Gasteiger partial charge on any atom is 0.174 e. The van der Waals surface area contributed by atoms with Crippen LogP contribution in [0.4, 0.5) is 0 Å². The summed E-state index contributed by atoms with van der Waals surface area (Å²) >= 11 is 15.3. The zero-order valence-electron chi connectivity index (χ0n) is 10.3. The second-order valence-corrected chi connectivity index (χ2v) is 5.97. The minimum Gasteiger partial charge on any atom is -0.293 e. The number of rotatable bonds is 2. The third-order valence-electron chi connectivity index (χ3n) is 3.30. The highest BCUT2D eigenvalue weighted by Crippen LogP contribution is 2.32. The van der Waals surface area contributed by atoms with Gasteiger partial charge >= 0.3 is 0 Å². The normalized spacial score (nSPS) is 11.2. The molecule has 0 atom stereocenters. The number of hydrogen-bond donors (Lipinski definition) is 0. The Balaban J connectivity index is 2.50. The van der Waals surface area contributed by atoms with Crippen molar-refractivity contribution in [2.45, 2.75) is 0 Å². The molecule has 0 bridgehead atoms. The summed E-state index contributed by atoms with van der Waals surface area (Å²) in [6.07, 6.45) is 0. The summed E-state index contributed by atoms with van der Waals surface area (Å²) in [5.41, 5.74) is 0.661. The molecule has 20 heavy (non-hydrogen) atoms. The summed E-state index contributed by atoms with van der Waals surface area (Å²) in [4.78, 5) is 12.1. The summed E-state index contributed by atoms with van der Waals surface area (Å²) < 4.78 is 0.